The number of rotatable bonds is 5. The number of H-pyrrole nitrogens is 1. The van der Waals surface area contributed by atoms with Crippen LogP contribution in [-0.2, 0) is 6.54 Å². The highest BCUT2D eigenvalue weighted by Crippen LogP contribution is 2.26. The van der Waals surface area contributed by atoms with Crippen molar-refractivity contribution >= 4 is 0 Å². The van der Waals surface area contributed by atoms with E-state index in [4.69, 9.17) is 4.74 Å². The quantitative estimate of drug-likeness (QED) is 0.751. The lowest BCUT2D eigenvalue weighted by atomic mass is 9.96. The van der Waals surface area contributed by atoms with Crippen molar-refractivity contribution in [2.45, 2.75) is 25.3 Å². The first-order chi connectivity index (χ1) is 13.2. The number of aromatic nitrogens is 4. The van der Waals surface area contributed by atoms with Gasteiger partial charge in [-0.3, -0.25) is 14.9 Å². The lowest BCUT2D eigenvalue weighted by Gasteiger charge is -2.30. The standard InChI is InChI=1S/C20H23N5O2/c1-27-18-6-4-17(5-7-18)25-20(26)22-19(23-25)16-8-11-24(12-9-16)14-15-3-2-10-21-13-15/h2-7,10,13,16H,8-9,11-12,14H2,1H3,(H,22,23,26). The van der Waals surface area contributed by atoms with E-state index >= 15 is 0 Å². The maximum atomic E-state index is 12.3. The molecule has 3 heterocycles. The molecule has 1 N–H and O–H groups in total. The summed E-state index contributed by atoms with van der Waals surface area (Å²) in [5.41, 5.74) is 1.76. The second kappa shape index (κ2) is 7.75. The summed E-state index contributed by atoms with van der Waals surface area (Å²) in [5.74, 6) is 1.81. The molecule has 7 heteroatoms. The Bertz CT molecular complexity index is 925. The minimum atomic E-state index is -0.201. The topological polar surface area (TPSA) is 76.0 Å². The Labute approximate surface area is 157 Å². The van der Waals surface area contributed by atoms with Crippen molar-refractivity contribution in [3.8, 4) is 11.4 Å². The van der Waals surface area contributed by atoms with Crippen LogP contribution < -0.4 is 10.4 Å². The van der Waals surface area contributed by atoms with Gasteiger partial charge in [-0.25, -0.2) is 4.79 Å². The Kier molecular flexibility index (Phi) is 5.02. The smallest absolute Gasteiger partial charge is 0.348 e. The third-order valence-corrected chi connectivity index (χ3v) is 5.06. The molecule has 1 saturated heterocycles. The van der Waals surface area contributed by atoms with Crippen LogP contribution in [0.2, 0.25) is 0 Å². The van der Waals surface area contributed by atoms with E-state index in [9.17, 15) is 4.79 Å². The van der Waals surface area contributed by atoms with Gasteiger partial charge in [0.25, 0.3) is 0 Å². The van der Waals surface area contributed by atoms with E-state index in [-0.39, 0.29) is 11.6 Å². The third-order valence-electron chi connectivity index (χ3n) is 5.06. The van der Waals surface area contributed by atoms with Crippen molar-refractivity contribution in [2.24, 2.45) is 0 Å². The van der Waals surface area contributed by atoms with E-state index in [1.165, 1.54) is 10.2 Å². The molecule has 4 rings (SSSR count). The summed E-state index contributed by atoms with van der Waals surface area (Å²) in [6, 6.07) is 11.4. The molecular weight excluding hydrogens is 342 g/mol. The van der Waals surface area contributed by atoms with Crippen LogP contribution in [0.3, 0.4) is 0 Å². The molecule has 0 bridgehead atoms. The van der Waals surface area contributed by atoms with Crippen molar-refractivity contribution < 1.29 is 4.74 Å². The average Bonchev–Trinajstić information content (AvgIpc) is 3.11. The van der Waals surface area contributed by atoms with Crippen LogP contribution in [0.15, 0.2) is 53.6 Å². The summed E-state index contributed by atoms with van der Waals surface area (Å²) in [6.45, 7) is 2.88. The van der Waals surface area contributed by atoms with E-state index in [0.29, 0.717) is 0 Å². The number of pyridine rings is 1. The van der Waals surface area contributed by atoms with Crippen LogP contribution in [-0.4, -0.2) is 44.8 Å². The predicted octanol–water partition coefficient (Wildman–Crippen LogP) is 2.34. The highest BCUT2D eigenvalue weighted by Gasteiger charge is 2.24. The van der Waals surface area contributed by atoms with Gasteiger partial charge in [-0.2, -0.15) is 4.68 Å². The second-order valence-corrected chi connectivity index (χ2v) is 6.84. The number of aromatic amines is 1. The highest BCUT2D eigenvalue weighted by molar-refractivity contribution is 5.36. The number of hydrogen-bond donors (Lipinski definition) is 1. The zero-order valence-electron chi connectivity index (χ0n) is 15.3. The number of hydrogen-bond acceptors (Lipinski definition) is 5. The number of ether oxygens (including phenoxy) is 1. The number of likely N-dealkylation sites (tertiary alicyclic amines) is 1. The molecule has 7 nitrogen and oxygen atoms in total. The average molecular weight is 365 g/mol. The Morgan fingerprint density at radius 3 is 2.63 bits per heavy atom. The lowest BCUT2D eigenvalue weighted by Crippen LogP contribution is -2.32. The number of nitrogens with zero attached hydrogens (tertiary/aromatic N) is 4. The Balaban J connectivity index is 1.42. The first-order valence-corrected chi connectivity index (χ1v) is 9.18. The molecule has 1 fully saturated rings. The maximum absolute atomic E-state index is 12.3. The van der Waals surface area contributed by atoms with Gasteiger partial charge in [0.05, 0.1) is 12.8 Å². The molecule has 1 aromatic carbocycles. The SMILES string of the molecule is COc1ccc(-n2nc(C3CCN(Cc4cccnc4)CC3)[nH]c2=O)cc1. The van der Waals surface area contributed by atoms with Crippen LogP contribution in [0.4, 0.5) is 0 Å². The van der Waals surface area contributed by atoms with Gasteiger partial charge in [0.2, 0.25) is 0 Å². The third kappa shape index (κ3) is 3.93. The maximum Gasteiger partial charge on any atom is 0.348 e. The van der Waals surface area contributed by atoms with Crippen LogP contribution in [0, 0.1) is 0 Å². The lowest BCUT2D eigenvalue weighted by molar-refractivity contribution is 0.201. The fourth-order valence-corrected chi connectivity index (χ4v) is 3.54. The summed E-state index contributed by atoms with van der Waals surface area (Å²) in [4.78, 5) is 21.9. The number of nitrogens with one attached hydrogen (secondary N) is 1. The molecule has 0 spiro atoms. The van der Waals surface area contributed by atoms with Crippen molar-refractivity contribution in [3.05, 3.63) is 70.7 Å². The normalized spacial score (nSPS) is 15.7. The Morgan fingerprint density at radius 1 is 1.19 bits per heavy atom. The molecule has 2 aromatic heterocycles. The Hall–Kier alpha value is -2.93. The molecule has 0 atom stereocenters. The van der Waals surface area contributed by atoms with Crippen molar-refractivity contribution in [3.63, 3.8) is 0 Å². The molecule has 0 radical (unpaired) electrons. The minimum Gasteiger partial charge on any atom is -0.497 e. The highest BCUT2D eigenvalue weighted by atomic mass is 16.5. The van der Waals surface area contributed by atoms with Crippen molar-refractivity contribution in [1.29, 1.82) is 0 Å². The summed E-state index contributed by atoms with van der Waals surface area (Å²) in [7, 11) is 1.62. The molecular formula is C20H23N5O2. The van der Waals surface area contributed by atoms with Gasteiger partial charge in [0, 0.05) is 24.9 Å². The number of benzene rings is 1. The first-order valence-electron chi connectivity index (χ1n) is 9.18. The van der Waals surface area contributed by atoms with E-state index < -0.39 is 0 Å². The zero-order chi connectivity index (χ0) is 18.6. The predicted molar refractivity (Wildman–Crippen MR) is 102 cm³/mol. The molecule has 1 aliphatic rings. The molecule has 27 heavy (non-hydrogen) atoms. The summed E-state index contributed by atoms with van der Waals surface area (Å²) in [5, 5.41) is 4.55. The van der Waals surface area contributed by atoms with E-state index in [1.54, 1.807) is 13.3 Å². The van der Waals surface area contributed by atoms with E-state index in [1.807, 2.05) is 36.5 Å². The zero-order valence-corrected chi connectivity index (χ0v) is 15.3. The fourth-order valence-electron chi connectivity index (χ4n) is 3.54. The van der Waals surface area contributed by atoms with Crippen LogP contribution >= 0.6 is 0 Å². The van der Waals surface area contributed by atoms with E-state index in [0.717, 1.165) is 49.7 Å². The molecule has 0 saturated carbocycles. The van der Waals surface area contributed by atoms with Gasteiger partial charge in [0.1, 0.15) is 11.6 Å². The van der Waals surface area contributed by atoms with Gasteiger partial charge in [-0.1, -0.05) is 6.07 Å². The largest absolute Gasteiger partial charge is 0.497 e. The molecule has 0 unspecified atom stereocenters. The van der Waals surface area contributed by atoms with E-state index in [2.05, 4.69) is 26.0 Å². The second-order valence-electron chi connectivity index (χ2n) is 6.84. The van der Waals surface area contributed by atoms with Crippen molar-refractivity contribution in [2.75, 3.05) is 20.2 Å². The van der Waals surface area contributed by atoms with Gasteiger partial charge < -0.3 is 4.74 Å². The number of piperidine rings is 1. The summed E-state index contributed by atoms with van der Waals surface area (Å²) < 4.78 is 6.59. The van der Waals surface area contributed by atoms with Crippen molar-refractivity contribution in [1.82, 2.24) is 24.6 Å². The fraction of sp³-hybridized carbons (Fsp3) is 0.350. The minimum absolute atomic E-state index is 0.201. The van der Waals surface area contributed by atoms with Gasteiger partial charge >= 0.3 is 5.69 Å². The van der Waals surface area contributed by atoms with Gasteiger partial charge in [-0.15, -0.1) is 5.10 Å². The molecule has 1 aliphatic heterocycles. The first kappa shape index (κ1) is 17.5. The monoisotopic (exact) mass is 365 g/mol. The van der Waals surface area contributed by atoms with Crippen LogP contribution in [0.25, 0.3) is 5.69 Å². The molecule has 0 amide bonds. The summed E-state index contributed by atoms with van der Waals surface area (Å²) in [6.07, 6.45) is 5.68. The molecule has 0 aliphatic carbocycles. The van der Waals surface area contributed by atoms with Crippen LogP contribution in [0.1, 0.15) is 30.1 Å². The summed E-state index contributed by atoms with van der Waals surface area (Å²) >= 11 is 0. The molecule has 140 valence electrons. The van der Waals surface area contributed by atoms with Gasteiger partial charge in [-0.05, 0) is 61.8 Å². The van der Waals surface area contributed by atoms with Crippen LogP contribution in [0.5, 0.6) is 5.75 Å². The number of methoxy groups -OCH3 is 1. The van der Waals surface area contributed by atoms with Gasteiger partial charge in [0.15, 0.2) is 0 Å². The molecule has 3 aromatic rings. The Morgan fingerprint density at radius 2 is 1.96 bits per heavy atom.